The van der Waals surface area contributed by atoms with Gasteiger partial charge in [-0.15, -0.1) is 0 Å². The summed E-state index contributed by atoms with van der Waals surface area (Å²) in [5.74, 6) is 1.73. The first-order valence-corrected chi connectivity index (χ1v) is 6.23. The number of ketones is 1. The lowest BCUT2D eigenvalue weighted by Crippen LogP contribution is -2.52. The quantitative estimate of drug-likeness (QED) is 0.786. The monoisotopic (exact) mass is 266 g/mol. The van der Waals surface area contributed by atoms with Gasteiger partial charge in [-0.2, -0.15) is 0 Å². The Morgan fingerprint density at radius 3 is 2.32 bits per heavy atom. The second-order valence-corrected chi connectivity index (χ2v) is 4.19. The van der Waals surface area contributed by atoms with E-state index in [4.69, 9.17) is 18.9 Å². The van der Waals surface area contributed by atoms with Crippen LogP contribution in [-0.4, -0.2) is 38.8 Å². The first-order chi connectivity index (χ1) is 9.21. The predicted octanol–water partition coefficient (Wildman–Crippen LogP) is 1.83. The molecule has 0 aromatic heterocycles. The number of carbonyl (C=O) groups excluding carboxylic acids is 1. The average Bonchev–Trinajstić information content (AvgIpc) is 2.44. The number of ether oxygens (including phenoxy) is 4. The van der Waals surface area contributed by atoms with E-state index >= 15 is 0 Å². The van der Waals surface area contributed by atoms with Gasteiger partial charge in [-0.05, 0) is 19.1 Å². The molecule has 1 saturated carbocycles. The first-order valence-electron chi connectivity index (χ1n) is 6.23. The van der Waals surface area contributed by atoms with Gasteiger partial charge in [-0.25, -0.2) is 0 Å². The zero-order chi connectivity index (χ0) is 13.8. The van der Waals surface area contributed by atoms with E-state index in [9.17, 15) is 4.79 Å². The highest BCUT2D eigenvalue weighted by atomic mass is 16.6. The van der Waals surface area contributed by atoms with Crippen LogP contribution in [0.3, 0.4) is 0 Å². The van der Waals surface area contributed by atoms with Crippen molar-refractivity contribution in [2.75, 3.05) is 20.8 Å². The van der Waals surface area contributed by atoms with Gasteiger partial charge in [0, 0.05) is 13.0 Å². The van der Waals surface area contributed by atoms with Crippen LogP contribution in [0.1, 0.15) is 13.3 Å². The summed E-state index contributed by atoms with van der Waals surface area (Å²) in [7, 11) is 3.13. The van der Waals surface area contributed by atoms with Crippen LogP contribution in [0.4, 0.5) is 0 Å². The summed E-state index contributed by atoms with van der Waals surface area (Å²) < 4.78 is 21.7. The molecule has 0 bridgehead atoms. The normalized spacial score (nSPS) is 21.7. The van der Waals surface area contributed by atoms with Crippen LogP contribution < -0.4 is 14.2 Å². The molecule has 0 spiro atoms. The molecule has 0 amide bonds. The van der Waals surface area contributed by atoms with Crippen molar-refractivity contribution < 1.29 is 23.7 Å². The molecule has 104 valence electrons. The highest BCUT2D eigenvalue weighted by Crippen LogP contribution is 2.39. The maximum absolute atomic E-state index is 11.5. The van der Waals surface area contributed by atoms with Crippen LogP contribution in [0.2, 0.25) is 0 Å². The summed E-state index contributed by atoms with van der Waals surface area (Å²) in [6.45, 7) is 2.34. The minimum absolute atomic E-state index is 0.0701. The molecule has 19 heavy (non-hydrogen) atoms. The van der Waals surface area contributed by atoms with Crippen molar-refractivity contribution in [3.8, 4) is 17.2 Å². The first kappa shape index (κ1) is 13.7. The van der Waals surface area contributed by atoms with Crippen LogP contribution in [0.15, 0.2) is 18.2 Å². The lowest BCUT2D eigenvalue weighted by atomic mass is 9.90. The summed E-state index contributed by atoms with van der Waals surface area (Å²) in [5.41, 5.74) is 0. The number of hydrogen-bond donors (Lipinski definition) is 0. The minimum Gasteiger partial charge on any atom is -0.493 e. The fourth-order valence-electron chi connectivity index (χ4n) is 2.04. The Balaban J connectivity index is 2.16. The average molecular weight is 266 g/mol. The highest BCUT2D eigenvalue weighted by Gasteiger charge is 2.43. The molecule has 0 radical (unpaired) electrons. The number of benzene rings is 1. The molecule has 1 aromatic rings. The van der Waals surface area contributed by atoms with E-state index in [1.165, 1.54) is 0 Å². The van der Waals surface area contributed by atoms with Crippen LogP contribution in [0, 0.1) is 0 Å². The van der Waals surface area contributed by atoms with Crippen LogP contribution >= 0.6 is 0 Å². The maximum atomic E-state index is 11.5. The molecule has 2 atom stereocenters. The van der Waals surface area contributed by atoms with Crippen molar-refractivity contribution in [3.63, 3.8) is 0 Å². The lowest BCUT2D eigenvalue weighted by molar-refractivity contribution is -0.154. The zero-order valence-electron chi connectivity index (χ0n) is 11.3. The van der Waals surface area contributed by atoms with E-state index in [-0.39, 0.29) is 11.9 Å². The molecule has 2 rings (SSSR count). The Hall–Kier alpha value is -1.75. The summed E-state index contributed by atoms with van der Waals surface area (Å²) >= 11 is 0. The third-order valence-corrected chi connectivity index (χ3v) is 3.06. The molecule has 0 aliphatic heterocycles. The van der Waals surface area contributed by atoms with Gasteiger partial charge in [-0.3, -0.25) is 4.79 Å². The Morgan fingerprint density at radius 2 is 1.84 bits per heavy atom. The SMILES string of the molecule is CCOC1C(=O)CC1Oc1c(OC)cccc1OC. The Kier molecular flexibility index (Phi) is 4.27. The Morgan fingerprint density at radius 1 is 1.21 bits per heavy atom. The fourth-order valence-corrected chi connectivity index (χ4v) is 2.04. The number of hydrogen-bond acceptors (Lipinski definition) is 5. The third kappa shape index (κ3) is 2.66. The van der Waals surface area contributed by atoms with E-state index in [2.05, 4.69) is 0 Å². The van der Waals surface area contributed by atoms with Crippen molar-refractivity contribution in [3.05, 3.63) is 18.2 Å². The Labute approximate surface area is 112 Å². The van der Waals surface area contributed by atoms with E-state index in [1.807, 2.05) is 13.0 Å². The molecule has 2 unspecified atom stereocenters. The van der Waals surface area contributed by atoms with Gasteiger partial charge in [-0.1, -0.05) is 6.07 Å². The summed E-state index contributed by atoms with van der Waals surface area (Å²) in [6, 6.07) is 5.39. The van der Waals surface area contributed by atoms with Gasteiger partial charge in [0.15, 0.2) is 23.4 Å². The highest BCUT2D eigenvalue weighted by molar-refractivity contribution is 5.90. The van der Waals surface area contributed by atoms with E-state index < -0.39 is 6.10 Å². The molecule has 1 fully saturated rings. The smallest absolute Gasteiger partial charge is 0.203 e. The van der Waals surface area contributed by atoms with E-state index in [1.54, 1.807) is 26.4 Å². The van der Waals surface area contributed by atoms with Gasteiger partial charge in [0.25, 0.3) is 0 Å². The minimum atomic E-state index is -0.486. The summed E-state index contributed by atoms with van der Waals surface area (Å²) in [6.07, 6.45) is -0.413. The fraction of sp³-hybridized carbons (Fsp3) is 0.500. The van der Waals surface area contributed by atoms with Crippen LogP contribution in [0.25, 0.3) is 0 Å². The van der Waals surface area contributed by atoms with Gasteiger partial charge in [0.05, 0.1) is 14.2 Å². The van der Waals surface area contributed by atoms with Gasteiger partial charge >= 0.3 is 0 Å². The molecular weight excluding hydrogens is 248 g/mol. The van der Waals surface area contributed by atoms with Gasteiger partial charge in [0.2, 0.25) is 5.75 Å². The Bertz CT molecular complexity index is 435. The largest absolute Gasteiger partial charge is 0.493 e. The topological polar surface area (TPSA) is 54.0 Å². The maximum Gasteiger partial charge on any atom is 0.203 e. The predicted molar refractivity (Wildman–Crippen MR) is 69.0 cm³/mol. The molecule has 1 aromatic carbocycles. The van der Waals surface area contributed by atoms with Crippen molar-refractivity contribution in [1.82, 2.24) is 0 Å². The summed E-state index contributed by atoms with van der Waals surface area (Å²) in [4.78, 5) is 11.5. The molecule has 5 heteroatoms. The van der Waals surface area contributed by atoms with Gasteiger partial charge in [0.1, 0.15) is 6.10 Å². The molecule has 1 aliphatic carbocycles. The van der Waals surface area contributed by atoms with Crippen molar-refractivity contribution in [2.24, 2.45) is 0 Å². The standard InChI is InChI=1S/C14H18O5/c1-4-18-13-9(15)8-12(13)19-14-10(16-2)6-5-7-11(14)17-3/h5-7,12-13H,4,8H2,1-3H3. The van der Waals surface area contributed by atoms with Gasteiger partial charge < -0.3 is 18.9 Å². The molecular formula is C14H18O5. The second-order valence-electron chi connectivity index (χ2n) is 4.19. The molecule has 0 N–H and O–H groups in total. The number of methoxy groups -OCH3 is 2. The second kappa shape index (κ2) is 5.93. The number of carbonyl (C=O) groups is 1. The number of rotatable bonds is 6. The van der Waals surface area contributed by atoms with Crippen molar-refractivity contribution in [1.29, 1.82) is 0 Å². The molecule has 1 aliphatic rings. The number of Topliss-reactive ketones (excluding diaryl/α,β-unsaturated/α-hetero) is 1. The molecule has 0 saturated heterocycles. The van der Waals surface area contributed by atoms with E-state index in [0.29, 0.717) is 30.3 Å². The molecule has 5 nitrogen and oxygen atoms in total. The number of para-hydroxylation sites is 1. The summed E-state index contributed by atoms with van der Waals surface area (Å²) in [5, 5.41) is 0. The zero-order valence-corrected chi connectivity index (χ0v) is 11.3. The van der Waals surface area contributed by atoms with Crippen LogP contribution in [0.5, 0.6) is 17.2 Å². The third-order valence-electron chi connectivity index (χ3n) is 3.06. The lowest BCUT2D eigenvalue weighted by Gasteiger charge is -2.34. The molecule has 0 heterocycles. The van der Waals surface area contributed by atoms with E-state index in [0.717, 1.165) is 0 Å². The van der Waals surface area contributed by atoms with Crippen molar-refractivity contribution >= 4 is 5.78 Å². The van der Waals surface area contributed by atoms with Crippen LogP contribution in [-0.2, 0) is 9.53 Å². The van der Waals surface area contributed by atoms with Crippen molar-refractivity contribution in [2.45, 2.75) is 25.6 Å².